The van der Waals surface area contributed by atoms with Crippen LogP contribution in [0.4, 0.5) is 0 Å². The van der Waals surface area contributed by atoms with Crippen molar-refractivity contribution in [2.75, 3.05) is 0 Å². The van der Waals surface area contributed by atoms with E-state index in [-0.39, 0.29) is 17.7 Å². The molecular formula is C22H20BrNO2. The normalized spacial score (nSPS) is 23.4. The van der Waals surface area contributed by atoms with E-state index in [4.69, 9.17) is 0 Å². The van der Waals surface area contributed by atoms with Crippen molar-refractivity contribution in [1.29, 1.82) is 0 Å². The van der Waals surface area contributed by atoms with E-state index < -0.39 is 0 Å². The van der Waals surface area contributed by atoms with Crippen LogP contribution in [0.1, 0.15) is 52.8 Å². The quantitative estimate of drug-likeness (QED) is 0.568. The first-order valence-electron chi connectivity index (χ1n) is 9.04. The number of rotatable bonds is 2. The summed E-state index contributed by atoms with van der Waals surface area (Å²) in [7, 11) is 0. The molecule has 1 saturated carbocycles. The van der Waals surface area contributed by atoms with Crippen LogP contribution in [0, 0.1) is 6.92 Å². The first kappa shape index (κ1) is 16.0. The molecule has 0 aliphatic heterocycles. The minimum atomic E-state index is 0.201. The Hall–Kier alpha value is -2.20. The Kier molecular flexibility index (Phi) is 3.48. The van der Waals surface area contributed by atoms with E-state index in [2.05, 4.69) is 40.2 Å². The molecule has 5 rings (SSSR count). The number of fused-ring (bicyclic) bond motifs is 5. The van der Waals surface area contributed by atoms with E-state index >= 15 is 0 Å². The first-order valence-corrected chi connectivity index (χ1v) is 9.83. The second kappa shape index (κ2) is 5.65. The monoisotopic (exact) mass is 409 g/mol. The molecular weight excluding hydrogens is 390 g/mol. The standard InChI is InChI=1S/C22H20BrNO2/c1-12-9-15(7-8-18(12)23)24-21(25)19-14-10-16(13-5-3-2-4-6-13)17(11-14)20(19)22(24)26/h2-9,14,16-17,25-26H,10-11H2,1H3/t14?,16-,17?/m0/s1. The molecule has 3 aromatic rings. The van der Waals surface area contributed by atoms with Crippen LogP contribution in [0.5, 0.6) is 11.8 Å². The molecule has 2 unspecified atom stereocenters. The van der Waals surface area contributed by atoms with Gasteiger partial charge in [-0.3, -0.25) is 4.57 Å². The average molecular weight is 410 g/mol. The van der Waals surface area contributed by atoms with Gasteiger partial charge in [-0.05, 0) is 66.8 Å². The second-order valence-corrected chi connectivity index (χ2v) is 8.39. The third-order valence-electron chi connectivity index (χ3n) is 6.16. The maximum absolute atomic E-state index is 11.0. The van der Waals surface area contributed by atoms with Gasteiger partial charge in [0.25, 0.3) is 0 Å². The van der Waals surface area contributed by atoms with E-state index in [0.717, 1.165) is 39.7 Å². The minimum Gasteiger partial charge on any atom is -0.494 e. The number of aryl methyl sites for hydroxylation is 1. The van der Waals surface area contributed by atoms with Crippen molar-refractivity contribution >= 4 is 15.9 Å². The van der Waals surface area contributed by atoms with Crippen LogP contribution in [0.2, 0.25) is 0 Å². The lowest BCUT2D eigenvalue weighted by atomic mass is 9.81. The van der Waals surface area contributed by atoms with E-state index in [9.17, 15) is 10.2 Å². The minimum absolute atomic E-state index is 0.201. The van der Waals surface area contributed by atoms with Crippen LogP contribution >= 0.6 is 15.9 Å². The number of benzene rings is 2. The fourth-order valence-electron chi connectivity index (χ4n) is 5.02. The first-order chi connectivity index (χ1) is 12.6. The summed E-state index contributed by atoms with van der Waals surface area (Å²) in [5, 5.41) is 21.9. The Labute approximate surface area is 161 Å². The van der Waals surface area contributed by atoms with Crippen LogP contribution < -0.4 is 0 Å². The van der Waals surface area contributed by atoms with Crippen molar-refractivity contribution < 1.29 is 10.2 Å². The van der Waals surface area contributed by atoms with Gasteiger partial charge in [-0.25, -0.2) is 0 Å². The number of hydrogen-bond donors (Lipinski definition) is 2. The number of hydrogen-bond acceptors (Lipinski definition) is 2. The van der Waals surface area contributed by atoms with E-state index in [1.54, 1.807) is 4.57 Å². The van der Waals surface area contributed by atoms with Gasteiger partial charge in [0.2, 0.25) is 11.8 Å². The molecule has 132 valence electrons. The van der Waals surface area contributed by atoms with Gasteiger partial charge in [-0.1, -0.05) is 46.3 Å². The van der Waals surface area contributed by atoms with Crippen LogP contribution in [-0.2, 0) is 0 Å². The maximum atomic E-state index is 11.0. The number of aromatic hydroxyl groups is 2. The highest BCUT2D eigenvalue weighted by Crippen LogP contribution is 2.65. The Morgan fingerprint density at radius 3 is 2.35 bits per heavy atom. The molecule has 2 aliphatic carbocycles. The van der Waals surface area contributed by atoms with Gasteiger partial charge in [-0.2, -0.15) is 0 Å². The summed E-state index contributed by atoms with van der Waals surface area (Å²) in [5.41, 5.74) is 5.11. The van der Waals surface area contributed by atoms with Gasteiger partial charge in [-0.15, -0.1) is 0 Å². The molecule has 2 bridgehead atoms. The lowest BCUT2D eigenvalue weighted by Crippen LogP contribution is -2.07. The van der Waals surface area contributed by atoms with Crippen LogP contribution in [0.25, 0.3) is 5.69 Å². The zero-order chi connectivity index (χ0) is 18.0. The molecule has 26 heavy (non-hydrogen) atoms. The van der Waals surface area contributed by atoms with Gasteiger partial charge in [0, 0.05) is 15.6 Å². The molecule has 3 nitrogen and oxygen atoms in total. The lowest BCUT2D eigenvalue weighted by Gasteiger charge is -2.22. The number of halogens is 1. The molecule has 0 radical (unpaired) electrons. The highest BCUT2D eigenvalue weighted by atomic mass is 79.9. The summed E-state index contributed by atoms with van der Waals surface area (Å²) in [5.74, 6) is 1.43. The molecule has 2 N–H and O–H groups in total. The van der Waals surface area contributed by atoms with Crippen molar-refractivity contribution in [3.8, 4) is 17.4 Å². The second-order valence-electron chi connectivity index (χ2n) is 7.54. The van der Waals surface area contributed by atoms with Gasteiger partial charge in [0.15, 0.2) is 0 Å². The van der Waals surface area contributed by atoms with Gasteiger partial charge in [0.1, 0.15) is 0 Å². The Morgan fingerprint density at radius 1 is 0.923 bits per heavy atom. The molecule has 4 heteroatoms. The smallest absolute Gasteiger partial charge is 0.202 e. The highest BCUT2D eigenvalue weighted by Gasteiger charge is 2.49. The number of nitrogens with zero attached hydrogens (tertiary/aromatic N) is 1. The third kappa shape index (κ3) is 2.11. The molecule has 2 aromatic carbocycles. The highest BCUT2D eigenvalue weighted by molar-refractivity contribution is 9.10. The molecule has 1 aromatic heterocycles. The lowest BCUT2D eigenvalue weighted by molar-refractivity contribution is 0.394. The summed E-state index contributed by atoms with van der Waals surface area (Å²) in [6.45, 7) is 2.01. The van der Waals surface area contributed by atoms with Crippen molar-refractivity contribution in [3.05, 3.63) is 75.3 Å². The average Bonchev–Trinajstić information content (AvgIpc) is 3.30. The molecule has 2 aliphatic rings. The van der Waals surface area contributed by atoms with E-state index in [0.29, 0.717) is 11.8 Å². The zero-order valence-corrected chi connectivity index (χ0v) is 16.1. The van der Waals surface area contributed by atoms with Crippen molar-refractivity contribution in [1.82, 2.24) is 4.57 Å². The summed E-state index contributed by atoms with van der Waals surface area (Å²) < 4.78 is 2.63. The van der Waals surface area contributed by atoms with E-state index in [1.807, 2.05) is 31.2 Å². The molecule has 0 spiro atoms. The van der Waals surface area contributed by atoms with Crippen LogP contribution in [-0.4, -0.2) is 14.8 Å². The summed E-state index contributed by atoms with van der Waals surface area (Å²) in [4.78, 5) is 0. The van der Waals surface area contributed by atoms with Gasteiger partial charge < -0.3 is 10.2 Å². The Morgan fingerprint density at radius 2 is 1.62 bits per heavy atom. The van der Waals surface area contributed by atoms with Gasteiger partial charge >= 0.3 is 0 Å². The summed E-state index contributed by atoms with van der Waals surface area (Å²) in [6.07, 6.45) is 2.06. The van der Waals surface area contributed by atoms with Crippen molar-refractivity contribution in [3.63, 3.8) is 0 Å². The third-order valence-corrected chi connectivity index (χ3v) is 7.05. The maximum Gasteiger partial charge on any atom is 0.202 e. The summed E-state index contributed by atoms with van der Waals surface area (Å²) in [6, 6.07) is 16.4. The molecule has 1 fully saturated rings. The Bertz CT molecular complexity index is 1010. The predicted octanol–water partition coefficient (Wildman–Crippen LogP) is 5.72. The predicted molar refractivity (Wildman–Crippen MR) is 105 cm³/mol. The van der Waals surface area contributed by atoms with Crippen LogP contribution in [0.3, 0.4) is 0 Å². The van der Waals surface area contributed by atoms with Crippen molar-refractivity contribution in [2.24, 2.45) is 0 Å². The Balaban J connectivity index is 1.63. The van der Waals surface area contributed by atoms with Gasteiger partial charge in [0.05, 0.1) is 5.69 Å². The zero-order valence-electron chi connectivity index (χ0n) is 14.5. The SMILES string of the molecule is Cc1cc(-n2c(O)c3c(c2O)C2CC3C[C@H]2c2ccccc2)ccc1Br. The topological polar surface area (TPSA) is 45.4 Å². The largest absolute Gasteiger partial charge is 0.494 e. The molecule has 0 amide bonds. The van der Waals surface area contributed by atoms with E-state index in [1.165, 1.54) is 5.56 Å². The molecule has 0 saturated heterocycles. The molecule has 1 heterocycles. The fraction of sp³-hybridized carbons (Fsp3) is 0.273. The number of aromatic nitrogens is 1. The van der Waals surface area contributed by atoms with Crippen LogP contribution in [0.15, 0.2) is 53.0 Å². The fourth-order valence-corrected chi connectivity index (χ4v) is 5.27. The van der Waals surface area contributed by atoms with Crippen molar-refractivity contribution in [2.45, 2.75) is 37.5 Å². The molecule has 3 atom stereocenters. The summed E-state index contributed by atoms with van der Waals surface area (Å²) >= 11 is 3.51.